The summed E-state index contributed by atoms with van der Waals surface area (Å²) in [6, 6.07) is 6.77. The maximum atomic E-state index is 9.41. The molecule has 2 rings (SSSR count). The Bertz CT molecular complexity index is 485. The molecule has 0 bridgehead atoms. The van der Waals surface area contributed by atoms with Gasteiger partial charge in [-0.25, -0.2) is 0 Å². The topological polar surface area (TPSA) is 39.1 Å². The Morgan fingerprint density at radius 1 is 1.30 bits per heavy atom. The average molecular weight is 294 g/mol. The molecule has 1 heterocycles. The quantitative estimate of drug-likeness (QED) is 0.931. The normalized spacial score (nSPS) is 14.8. The maximum Gasteiger partial charge on any atom is 0.102 e. The van der Waals surface area contributed by atoms with Crippen molar-refractivity contribution in [1.82, 2.24) is 5.32 Å². The Hall–Kier alpha value is -1.24. The number of benzene rings is 1. The Balaban J connectivity index is 0.00000200. The van der Waals surface area contributed by atoms with Gasteiger partial charge in [0.15, 0.2) is 0 Å². The van der Waals surface area contributed by atoms with E-state index in [9.17, 15) is 5.26 Å². The number of rotatable bonds is 3. The van der Waals surface area contributed by atoms with Crippen LogP contribution in [0.2, 0.25) is 0 Å². The predicted molar refractivity (Wildman–Crippen MR) is 86.8 cm³/mol. The molecule has 4 heteroatoms. The third kappa shape index (κ3) is 3.88. The fraction of sp³-hybridized carbons (Fsp3) is 0.562. The predicted octanol–water partition coefficient (Wildman–Crippen LogP) is 2.90. The highest BCUT2D eigenvalue weighted by Crippen LogP contribution is 2.27. The van der Waals surface area contributed by atoms with Gasteiger partial charge < -0.3 is 10.2 Å². The average Bonchev–Trinajstić information content (AvgIpc) is 2.38. The van der Waals surface area contributed by atoms with Gasteiger partial charge in [-0.1, -0.05) is 19.9 Å². The zero-order chi connectivity index (χ0) is 13.8. The molecule has 1 aliphatic heterocycles. The third-order valence-corrected chi connectivity index (χ3v) is 3.59. The molecule has 0 atom stereocenters. The summed E-state index contributed by atoms with van der Waals surface area (Å²) in [4.78, 5) is 2.34. The van der Waals surface area contributed by atoms with E-state index in [1.807, 2.05) is 6.92 Å². The highest BCUT2D eigenvalue weighted by atomic mass is 35.5. The lowest BCUT2D eigenvalue weighted by atomic mass is 9.96. The summed E-state index contributed by atoms with van der Waals surface area (Å²) in [6.07, 6.45) is 1.08. The molecule has 1 N–H and O–H groups in total. The van der Waals surface area contributed by atoms with E-state index in [1.165, 1.54) is 5.56 Å². The van der Waals surface area contributed by atoms with E-state index in [1.54, 1.807) is 0 Å². The van der Waals surface area contributed by atoms with E-state index in [0.29, 0.717) is 5.92 Å². The molecule has 0 saturated carbocycles. The van der Waals surface area contributed by atoms with Crippen LogP contribution < -0.4 is 10.2 Å². The van der Waals surface area contributed by atoms with Gasteiger partial charge in [-0.2, -0.15) is 5.26 Å². The van der Waals surface area contributed by atoms with Gasteiger partial charge in [0.2, 0.25) is 0 Å². The van der Waals surface area contributed by atoms with Gasteiger partial charge in [0.25, 0.3) is 0 Å². The SMILES string of the molecule is Cc1cc(CC(C)C)cc(N2CCNCC2)c1C#N.Cl. The van der Waals surface area contributed by atoms with E-state index in [-0.39, 0.29) is 12.4 Å². The van der Waals surface area contributed by atoms with Crippen LogP contribution in [0.4, 0.5) is 5.69 Å². The minimum atomic E-state index is 0. The van der Waals surface area contributed by atoms with E-state index >= 15 is 0 Å². The number of hydrogen-bond donors (Lipinski definition) is 1. The molecule has 0 aliphatic carbocycles. The molecule has 20 heavy (non-hydrogen) atoms. The van der Waals surface area contributed by atoms with Crippen LogP contribution in [0.5, 0.6) is 0 Å². The second-order valence-corrected chi connectivity index (χ2v) is 5.75. The molecule has 0 unspecified atom stereocenters. The number of aryl methyl sites for hydroxylation is 1. The standard InChI is InChI=1S/C16H23N3.ClH/c1-12(2)8-14-9-13(3)15(11-17)16(10-14)19-6-4-18-5-7-19;/h9-10,12,18H,4-8H2,1-3H3;1H. The van der Waals surface area contributed by atoms with Crippen molar-refractivity contribution in [1.29, 1.82) is 5.26 Å². The molecule has 1 aliphatic rings. The second-order valence-electron chi connectivity index (χ2n) is 5.75. The number of halogens is 1. The van der Waals surface area contributed by atoms with Crippen molar-refractivity contribution in [3.63, 3.8) is 0 Å². The van der Waals surface area contributed by atoms with Gasteiger partial charge in [-0.3, -0.25) is 0 Å². The fourth-order valence-electron chi connectivity index (χ4n) is 2.73. The van der Waals surface area contributed by atoms with Crippen LogP contribution >= 0.6 is 12.4 Å². The van der Waals surface area contributed by atoms with E-state index < -0.39 is 0 Å². The van der Waals surface area contributed by atoms with Gasteiger partial charge >= 0.3 is 0 Å². The van der Waals surface area contributed by atoms with E-state index in [2.05, 4.69) is 42.3 Å². The highest BCUT2D eigenvalue weighted by molar-refractivity contribution is 5.85. The van der Waals surface area contributed by atoms with Gasteiger partial charge in [0.05, 0.1) is 11.3 Å². The minimum Gasteiger partial charge on any atom is -0.368 e. The Morgan fingerprint density at radius 3 is 2.50 bits per heavy atom. The van der Waals surface area contributed by atoms with Gasteiger partial charge in [0, 0.05) is 26.2 Å². The van der Waals surface area contributed by atoms with Crippen LogP contribution in [-0.4, -0.2) is 26.2 Å². The molecule has 0 aromatic heterocycles. The first-order chi connectivity index (χ1) is 9.11. The summed E-state index contributed by atoms with van der Waals surface area (Å²) in [5.41, 5.74) is 4.42. The monoisotopic (exact) mass is 293 g/mol. The Labute approximate surface area is 128 Å². The smallest absolute Gasteiger partial charge is 0.102 e. The molecule has 0 amide bonds. The maximum absolute atomic E-state index is 9.41. The van der Waals surface area contributed by atoms with Crippen molar-refractivity contribution < 1.29 is 0 Å². The number of piperazine rings is 1. The van der Waals surface area contributed by atoms with Crippen molar-refractivity contribution in [2.45, 2.75) is 27.2 Å². The first kappa shape index (κ1) is 16.8. The van der Waals surface area contributed by atoms with Crippen LogP contribution in [0.3, 0.4) is 0 Å². The van der Waals surface area contributed by atoms with E-state index in [4.69, 9.17) is 0 Å². The molecule has 1 saturated heterocycles. The summed E-state index contributed by atoms with van der Waals surface area (Å²) in [7, 11) is 0. The molecule has 110 valence electrons. The molecule has 3 nitrogen and oxygen atoms in total. The summed E-state index contributed by atoms with van der Waals surface area (Å²) >= 11 is 0. The first-order valence-corrected chi connectivity index (χ1v) is 7.11. The number of nitrogens with zero attached hydrogens (tertiary/aromatic N) is 2. The Kier molecular flexibility index (Phi) is 6.32. The lowest BCUT2D eigenvalue weighted by Crippen LogP contribution is -2.43. The zero-order valence-electron chi connectivity index (χ0n) is 12.6. The largest absolute Gasteiger partial charge is 0.368 e. The van der Waals surface area contributed by atoms with Crippen LogP contribution in [-0.2, 0) is 6.42 Å². The van der Waals surface area contributed by atoms with Gasteiger partial charge in [-0.05, 0) is 36.5 Å². The molecule has 1 aromatic rings. The van der Waals surface area contributed by atoms with Crippen LogP contribution in [0.15, 0.2) is 12.1 Å². The lowest BCUT2D eigenvalue weighted by molar-refractivity contribution is 0.588. The number of anilines is 1. The fourth-order valence-corrected chi connectivity index (χ4v) is 2.73. The highest BCUT2D eigenvalue weighted by Gasteiger charge is 2.17. The number of nitrogens with one attached hydrogen (secondary N) is 1. The summed E-state index contributed by atoms with van der Waals surface area (Å²) in [6.45, 7) is 10.5. The number of hydrogen-bond acceptors (Lipinski definition) is 3. The molecule has 0 spiro atoms. The van der Waals surface area contributed by atoms with Crippen LogP contribution in [0, 0.1) is 24.2 Å². The molecule has 1 aromatic carbocycles. The van der Waals surface area contributed by atoms with Gasteiger partial charge in [0.1, 0.15) is 6.07 Å². The first-order valence-electron chi connectivity index (χ1n) is 7.11. The summed E-state index contributed by atoms with van der Waals surface area (Å²) in [5.74, 6) is 0.642. The van der Waals surface area contributed by atoms with Crippen LogP contribution in [0.25, 0.3) is 0 Å². The molecule has 0 radical (unpaired) electrons. The van der Waals surface area contributed by atoms with Crippen molar-refractivity contribution in [3.8, 4) is 6.07 Å². The van der Waals surface area contributed by atoms with Gasteiger partial charge in [-0.15, -0.1) is 12.4 Å². The third-order valence-electron chi connectivity index (χ3n) is 3.59. The van der Waals surface area contributed by atoms with Crippen molar-refractivity contribution >= 4 is 18.1 Å². The Morgan fingerprint density at radius 2 is 1.95 bits per heavy atom. The summed E-state index contributed by atoms with van der Waals surface area (Å²) in [5, 5.41) is 12.8. The zero-order valence-corrected chi connectivity index (χ0v) is 13.4. The molecular weight excluding hydrogens is 270 g/mol. The van der Waals surface area contributed by atoms with Crippen LogP contribution in [0.1, 0.15) is 30.5 Å². The summed E-state index contributed by atoms with van der Waals surface area (Å²) < 4.78 is 0. The second kappa shape index (κ2) is 7.52. The minimum absolute atomic E-state index is 0. The molecule has 1 fully saturated rings. The van der Waals surface area contributed by atoms with Crippen molar-refractivity contribution in [3.05, 3.63) is 28.8 Å². The van der Waals surface area contributed by atoms with Crippen molar-refractivity contribution in [2.75, 3.05) is 31.1 Å². The lowest BCUT2D eigenvalue weighted by Gasteiger charge is -2.31. The number of nitriles is 1. The van der Waals surface area contributed by atoms with Crippen molar-refractivity contribution in [2.24, 2.45) is 5.92 Å². The molecular formula is C16H24ClN3. The van der Waals surface area contributed by atoms with E-state index in [0.717, 1.165) is 49.4 Å².